The number of hydrogen-bond acceptors (Lipinski definition) is 4. The summed E-state index contributed by atoms with van der Waals surface area (Å²) in [5, 5.41) is 10.8. The number of benzene rings is 1. The molecule has 0 spiro atoms. The van der Waals surface area contributed by atoms with Crippen LogP contribution < -0.4 is 4.74 Å². The predicted molar refractivity (Wildman–Crippen MR) is 92.9 cm³/mol. The number of aliphatic hydroxyl groups is 1. The highest BCUT2D eigenvalue weighted by atomic mass is 16.5. The van der Waals surface area contributed by atoms with Gasteiger partial charge in [0.25, 0.3) is 0 Å². The van der Waals surface area contributed by atoms with Crippen LogP contribution in [-0.4, -0.2) is 60.6 Å². The minimum atomic E-state index is -0.632. The minimum absolute atomic E-state index is 0.107. The van der Waals surface area contributed by atoms with Crippen LogP contribution in [0.25, 0.3) is 0 Å². The zero-order valence-electron chi connectivity index (χ0n) is 14.8. The van der Waals surface area contributed by atoms with Crippen LogP contribution in [0, 0.1) is 5.92 Å². The predicted octanol–water partition coefficient (Wildman–Crippen LogP) is 2.06. The van der Waals surface area contributed by atoms with E-state index >= 15 is 0 Å². The lowest BCUT2D eigenvalue weighted by atomic mass is 9.78. The van der Waals surface area contributed by atoms with E-state index in [0.29, 0.717) is 6.04 Å². The van der Waals surface area contributed by atoms with Crippen molar-refractivity contribution in [1.29, 1.82) is 0 Å². The van der Waals surface area contributed by atoms with Crippen molar-refractivity contribution in [3.63, 3.8) is 0 Å². The number of hydrogen-bond donors (Lipinski definition) is 1. The SMILES string of the molecule is COc1ccc(C(O)C2CCCN2C(=O)C2CC(N(C)C)C2)cc1. The average molecular weight is 332 g/mol. The molecule has 5 heteroatoms. The third-order valence-electron chi connectivity index (χ3n) is 5.60. The Hall–Kier alpha value is -1.59. The first kappa shape index (κ1) is 17.2. The van der Waals surface area contributed by atoms with Crippen molar-refractivity contribution >= 4 is 5.91 Å². The van der Waals surface area contributed by atoms with E-state index in [2.05, 4.69) is 19.0 Å². The van der Waals surface area contributed by atoms with Crippen molar-refractivity contribution in [2.45, 2.75) is 43.9 Å². The van der Waals surface area contributed by atoms with Gasteiger partial charge in [0.05, 0.1) is 19.3 Å². The third kappa shape index (κ3) is 3.28. The minimum Gasteiger partial charge on any atom is -0.497 e. The van der Waals surface area contributed by atoms with Gasteiger partial charge in [-0.15, -0.1) is 0 Å². The standard InChI is InChI=1S/C19H28N2O3/c1-20(2)15-11-14(12-15)19(23)21-10-4-5-17(21)18(22)13-6-8-16(24-3)9-7-13/h6-9,14-15,17-18,22H,4-5,10-12H2,1-3H3. The monoisotopic (exact) mass is 332 g/mol. The molecule has 24 heavy (non-hydrogen) atoms. The van der Waals surface area contributed by atoms with E-state index in [9.17, 15) is 9.90 Å². The number of amides is 1. The quantitative estimate of drug-likeness (QED) is 0.897. The number of aliphatic hydroxyl groups excluding tert-OH is 1. The summed E-state index contributed by atoms with van der Waals surface area (Å²) in [5.74, 6) is 1.12. The van der Waals surface area contributed by atoms with Crippen molar-refractivity contribution in [3.05, 3.63) is 29.8 Å². The summed E-state index contributed by atoms with van der Waals surface area (Å²) in [5.41, 5.74) is 0.847. The summed E-state index contributed by atoms with van der Waals surface area (Å²) in [6.07, 6.45) is 3.07. The van der Waals surface area contributed by atoms with Crippen LogP contribution in [0.5, 0.6) is 5.75 Å². The Kier molecular flexibility index (Phi) is 5.11. The number of methoxy groups -OCH3 is 1. The lowest BCUT2D eigenvalue weighted by molar-refractivity contribution is -0.143. The molecule has 0 radical (unpaired) electrons. The van der Waals surface area contributed by atoms with E-state index in [1.807, 2.05) is 29.2 Å². The van der Waals surface area contributed by atoms with Crippen LogP contribution in [0.15, 0.2) is 24.3 Å². The van der Waals surface area contributed by atoms with E-state index in [1.165, 1.54) is 0 Å². The Morgan fingerprint density at radius 1 is 1.29 bits per heavy atom. The Balaban J connectivity index is 1.65. The molecular formula is C19H28N2O3. The molecule has 2 fully saturated rings. The fourth-order valence-corrected chi connectivity index (χ4v) is 3.86. The Bertz CT molecular complexity index is 566. The lowest BCUT2D eigenvalue weighted by Gasteiger charge is -2.41. The second kappa shape index (κ2) is 7.11. The Morgan fingerprint density at radius 3 is 2.54 bits per heavy atom. The third-order valence-corrected chi connectivity index (χ3v) is 5.60. The molecule has 1 saturated heterocycles. The van der Waals surface area contributed by atoms with Crippen LogP contribution in [0.1, 0.15) is 37.4 Å². The molecular weight excluding hydrogens is 304 g/mol. The van der Waals surface area contributed by atoms with Crippen LogP contribution in [0.4, 0.5) is 0 Å². The summed E-state index contributed by atoms with van der Waals surface area (Å²) in [7, 11) is 5.76. The molecule has 0 aromatic heterocycles. The van der Waals surface area contributed by atoms with Gasteiger partial charge in [0, 0.05) is 18.5 Å². The number of rotatable bonds is 5. The lowest BCUT2D eigenvalue weighted by Crippen LogP contribution is -2.50. The van der Waals surface area contributed by atoms with Gasteiger partial charge in [0.15, 0.2) is 0 Å². The molecule has 1 aromatic carbocycles. The zero-order valence-corrected chi connectivity index (χ0v) is 14.8. The van der Waals surface area contributed by atoms with Crippen molar-refractivity contribution in [1.82, 2.24) is 9.80 Å². The van der Waals surface area contributed by atoms with Crippen LogP contribution in [0.2, 0.25) is 0 Å². The van der Waals surface area contributed by atoms with Crippen molar-refractivity contribution in [3.8, 4) is 5.75 Å². The van der Waals surface area contributed by atoms with Crippen LogP contribution in [0.3, 0.4) is 0 Å². The molecule has 132 valence electrons. The molecule has 0 bridgehead atoms. The number of ether oxygens (including phenoxy) is 1. The van der Waals surface area contributed by atoms with E-state index < -0.39 is 6.10 Å². The van der Waals surface area contributed by atoms with Crippen LogP contribution >= 0.6 is 0 Å². The highest BCUT2D eigenvalue weighted by molar-refractivity contribution is 5.80. The fourth-order valence-electron chi connectivity index (χ4n) is 3.86. The molecule has 1 amide bonds. The smallest absolute Gasteiger partial charge is 0.226 e. The molecule has 5 nitrogen and oxygen atoms in total. The summed E-state index contributed by atoms with van der Waals surface area (Å²) >= 11 is 0. The van der Waals surface area contributed by atoms with E-state index in [1.54, 1.807) is 7.11 Å². The molecule has 1 aliphatic heterocycles. The van der Waals surface area contributed by atoms with Crippen molar-refractivity contribution in [2.75, 3.05) is 27.7 Å². The fraction of sp³-hybridized carbons (Fsp3) is 0.632. The first-order valence-corrected chi connectivity index (χ1v) is 8.80. The zero-order chi connectivity index (χ0) is 17.3. The maximum absolute atomic E-state index is 12.8. The first-order chi connectivity index (χ1) is 11.5. The van der Waals surface area contributed by atoms with Crippen molar-refractivity contribution < 1.29 is 14.6 Å². The average Bonchev–Trinajstić information content (AvgIpc) is 3.02. The number of carbonyl (C=O) groups is 1. The molecule has 1 saturated carbocycles. The Morgan fingerprint density at radius 2 is 1.96 bits per heavy atom. The second-order valence-electron chi connectivity index (χ2n) is 7.24. The first-order valence-electron chi connectivity index (χ1n) is 8.80. The molecule has 1 aliphatic carbocycles. The number of nitrogens with zero attached hydrogens (tertiary/aromatic N) is 2. The molecule has 1 heterocycles. The number of likely N-dealkylation sites (tertiary alicyclic amines) is 1. The molecule has 1 aromatic rings. The number of carbonyl (C=O) groups excluding carboxylic acids is 1. The van der Waals surface area contributed by atoms with E-state index in [-0.39, 0.29) is 17.9 Å². The highest BCUT2D eigenvalue weighted by Gasteiger charge is 2.42. The van der Waals surface area contributed by atoms with E-state index in [0.717, 1.165) is 43.5 Å². The summed E-state index contributed by atoms with van der Waals surface area (Å²) < 4.78 is 5.17. The molecule has 3 rings (SSSR count). The normalized spacial score (nSPS) is 27.9. The van der Waals surface area contributed by atoms with Gasteiger partial charge in [-0.25, -0.2) is 0 Å². The van der Waals surface area contributed by atoms with Gasteiger partial charge in [0.2, 0.25) is 5.91 Å². The van der Waals surface area contributed by atoms with Gasteiger partial charge < -0.3 is 19.6 Å². The second-order valence-corrected chi connectivity index (χ2v) is 7.24. The molecule has 2 aliphatic rings. The van der Waals surface area contributed by atoms with Gasteiger partial charge in [0.1, 0.15) is 5.75 Å². The molecule has 2 atom stereocenters. The maximum Gasteiger partial charge on any atom is 0.226 e. The van der Waals surface area contributed by atoms with Gasteiger partial charge in [-0.3, -0.25) is 4.79 Å². The van der Waals surface area contributed by atoms with Gasteiger partial charge >= 0.3 is 0 Å². The Labute approximate surface area is 144 Å². The van der Waals surface area contributed by atoms with Gasteiger partial charge in [-0.05, 0) is 57.5 Å². The summed E-state index contributed by atoms with van der Waals surface area (Å²) in [6, 6.07) is 7.89. The van der Waals surface area contributed by atoms with Crippen molar-refractivity contribution in [2.24, 2.45) is 5.92 Å². The van der Waals surface area contributed by atoms with Crippen LogP contribution in [-0.2, 0) is 4.79 Å². The van der Waals surface area contributed by atoms with Gasteiger partial charge in [-0.2, -0.15) is 0 Å². The van der Waals surface area contributed by atoms with E-state index in [4.69, 9.17) is 4.74 Å². The molecule has 1 N–H and O–H groups in total. The molecule has 2 unspecified atom stereocenters. The topological polar surface area (TPSA) is 53.0 Å². The summed E-state index contributed by atoms with van der Waals surface area (Å²) in [6.45, 7) is 0.764. The summed E-state index contributed by atoms with van der Waals surface area (Å²) in [4.78, 5) is 16.9. The van der Waals surface area contributed by atoms with Gasteiger partial charge in [-0.1, -0.05) is 12.1 Å². The highest BCUT2D eigenvalue weighted by Crippen LogP contribution is 2.36. The largest absolute Gasteiger partial charge is 0.497 e. The maximum atomic E-state index is 12.8.